The molecule has 1 aromatic heterocycles. The average molecular weight is 406 g/mol. The van der Waals surface area contributed by atoms with E-state index in [1.165, 1.54) is 23.9 Å². The van der Waals surface area contributed by atoms with Gasteiger partial charge >= 0.3 is 6.18 Å². The van der Waals surface area contributed by atoms with E-state index in [9.17, 15) is 18.0 Å². The highest BCUT2D eigenvalue weighted by atomic mass is 19.4. The molecule has 8 heteroatoms. The van der Waals surface area contributed by atoms with Crippen LogP contribution in [0.25, 0.3) is 0 Å². The number of carbonyl (C=O) groups is 1. The Balaban J connectivity index is 1.44. The zero-order chi connectivity index (χ0) is 20.9. The number of aryl methyl sites for hydroxylation is 1. The topological polar surface area (TPSA) is 48.5 Å². The van der Waals surface area contributed by atoms with E-state index in [1.54, 1.807) is 0 Å². The zero-order valence-corrected chi connectivity index (χ0v) is 16.4. The molecular weight excluding hydrogens is 381 g/mol. The van der Waals surface area contributed by atoms with Gasteiger partial charge in [0, 0.05) is 45.5 Å². The van der Waals surface area contributed by atoms with Gasteiger partial charge in [-0.05, 0) is 24.1 Å². The van der Waals surface area contributed by atoms with Crippen LogP contribution in [0.1, 0.15) is 22.4 Å². The molecule has 3 rings (SSSR count). The van der Waals surface area contributed by atoms with Gasteiger partial charge in [0.1, 0.15) is 5.69 Å². The number of rotatable bonds is 6. The first-order valence-electron chi connectivity index (χ1n) is 9.59. The minimum Gasteiger partial charge on any atom is -0.351 e. The highest BCUT2D eigenvalue weighted by Gasteiger charge is 2.35. The molecule has 156 valence electrons. The van der Waals surface area contributed by atoms with E-state index < -0.39 is 11.9 Å². The fourth-order valence-corrected chi connectivity index (χ4v) is 3.33. The third-order valence-electron chi connectivity index (χ3n) is 5.00. The molecule has 1 aliphatic rings. The predicted octanol–water partition coefficient (Wildman–Crippen LogP) is 2.84. The minimum atomic E-state index is -4.45. The molecule has 1 aliphatic heterocycles. The maximum Gasteiger partial charge on any atom is 0.433 e. The summed E-state index contributed by atoms with van der Waals surface area (Å²) in [6.45, 7) is 5.49. The summed E-state index contributed by atoms with van der Waals surface area (Å²) in [5, 5.41) is 2.91. The van der Waals surface area contributed by atoms with Gasteiger partial charge in [-0.2, -0.15) is 13.2 Å². The number of benzene rings is 1. The van der Waals surface area contributed by atoms with Crippen molar-refractivity contribution in [2.45, 2.75) is 26.2 Å². The molecule has 0 atom stereocenters. The Kier molecular flexibility index (Phi) is 6.87. The Morgan fingerprint density at radius 1 is 1.07 bits per heavy atom. The van der Waals surface area contributed by atoms with Crippen molar-refractivity contribution < 1.29 is 18.0 Å². The number of piperazine rings is 1. The summed E-state index contributed by atoms with van der Waals surface area (Å²) in [7, 11) is 0. The number of hydrogen-bond acceptors (Lipinski definition) is 4. The largest absolute Gasteiger partial charge is 0.433 e. The lowest BCUT2D eigenvalue weighted by molar-refractivity contribution is -0.142. The van der Waals surface area contributed by atoms with E-state index in [0.29, 0.717) is 39.3 Å². The molecule has 0 spiro atoms. The smallest absolute Gasteiger partial charge is 0.351 e. The van der Waals surface area contributed by atoms with Crippen molar-refractivity contribution in [3.63, 3.8) is 0 Å². The molecule has 29 heavy (non-hydrogen) atoms. The van der Waals surface area contributed by atoms with E-state index in [2.05, 4.69) is 10.3 Å². The maximum absolute atomic E-state index is 13.1. The second kappa shape index (κ2) is 9.37. The second-order valence-corrected chi connectivity index (χ2v) is 7.32. The fraction of sp³-hybridized carbons (Fsp3) is 0.429. The van der Waals surface area contributed by atoms with Gasteiger partial charge in [-0.15, -0.1) is 0 Å². The molecule has 0 bridgehead atoms. The normalized spacial score (nSPS) is 16.0. The Labute approximate surface area is 168 Å². The number of nitrogens with zero attached hydrogens (tertiary/aromatic N) is 3. The molecule has 1 saturated heterocycles. The first kappa shape index (κ1) is 21.3. The predicted molar refractivity (Wildman–Crippen MR) is 104 cm³/mol. The summed E-state index contributed by atoms with van der Waals surface area (Å²) in [6, 6.07) is 11.0. The van der Waals surface area contributed by atoms with E-state index >= 15 is 0 Å². The average Bonchev–Trinajstić information content (AvgIpc) is 2.69. The Morgan fingerprint density at radius 3 is 2.38 bits per heavy atom. The van der Waals surface area contributed by atoms with Crippen LogP contribution in [0, 0.1) is 6.92 Å². The number of amides is 1. The van der Waals surface area contributed by atoms with Crippen LogP contribution in [0.5, 0.6) is 0 Å². The van der Waals surface area contributed by atoms with Gasteiger partial charge in [0.15, 0.2) is 0 Å². The van der Waals surface area contributed by atoms with Crippen LogP contribution in [-0.4, -0.2) is 53.4 Å². The van der Waals surface area contributed by atoms with Gasteiger partial charge in [0.2, 0.25) is 5.91 Å². The lowest BCUT2D eigenvalue weighted by Crippen LogP contribution is -2.49. The quantitative estimate of drug-likeness (QED) is 0.802. The van der Waals surface area contributed by atoms with Crippen LogP contribution < -0.4 is 5.32 Å². The van der Waals surface area contributed by atoms with E-state index in [4.69, 9.17) is 0 Å². The summed E-state index contributed by atoms with van der Waals surface area (Å²) in [5.74, 6) is -0.0503. The summed E-state index contributed by atoms with van der Waals surface area (Å²) in [4.78, 5) is 19.7. The first-order valence-corrected chi connectivity index (χ1v) is 9.59. The number of pyridine rings is 1. The Bertz CT molecular complexity index is 815. The SMILES string of the molecule is Cc1ccc(CNC(=O)CN2CCN(Cc3cccnc3C(F)(F)F)CC2)cc1. The van der Waals surface area contributed by atoms with Crippen LogP contribution in [-0.2, 0) is 24.1 Å². The molecule has 2 heterocycles. The fourth-order valence-electron chi connectivity index (χ4n) is 3.33. The molecule has 1 amide bonds. The van der Waals surface area contributed by atoms with Crippen LogP contribution in [0.4, 0.5) is 13.2 Å². The van der Waals surface area contributed by atoms with E-state index in [-0.39, 0.29) is 18.0 Å². The number of alkyl halides is 3. The van der Waals surface area contributed by atoms with Crippen LogP contribution in [0.15, 0.2) is 42.6 Å². The summed E-state index contributed by atoms with van der Waals surface area (Å²) in [5.41, 5.74) is 1.58. The molecule has 0 radical (unpaired) electrons. The van der Waals surface area contributed by atoms with Crippen molar-refractivity contribution in [2.24, 2.45) is 0 Å². The number of halogens is 3. The van der Waals surface area contributed by atoms with Crippen LogP contribution >= 0.6 is 0 Å². The molecular formula is C21H25F3N4O. The summed E-state index contributed by atoms with van der Waals surface area (Å²) in [6.07, 6.45) is -3.28. The van der Waals surface area contributed by atoms with Gasteiger partial charge in [0.05, 0.1) is 6.54 Å². The first-order chi connectivity index (χ1) is 13.8. The van der Waals surface area contributed by atoms with Gasteiger partial charge in [-0.25, -0.2) is 0 Å². The third-order valence-corrected chi connectivity index (χ3v) is 5.00. The van der Waals surface area contributed by atoms with Gasteiger partial charge in [-0.1, -0.05) is 35.9 Å². The summed E-state index contributed by atoms with van der Waals surface area (Å²) >= 11 is 0. The van der Waals surface area contributed by atoms with Crippen molar-refractivity contribution >= 4 is 5.91 Å². The Hall–Kier alpha value is -2.45. The molecule has 5 nitrogen and oxygen atoms in total. The van der Waals surface area contributed by atoms with Gasteiger partial charge in [-0.3, -0.25) is 19.6 Å². The standard InChI is InChI=1S/C21H25F3N4O/c1-16-4-6-17(7-5-16)13-26-19(29)15-28-11-9-27(10-12-28)14-18-3-2-8-25-20(18)21(22,23)24/h2-8H,9-15H2,1H3,(H,26,29). The van der Waals surface area contributed by atoms with Crippen molar-refractivity contribution in [2.75, 3.05) is 32.7 Å². The molecule has 1 aromatic carbocycles. The van der Waals surface area contributed by atoms with Crippen molar-refractivity contribution in [3.05, 3.63) is 65.0 Å². The van der Waals surface area contributed by atoms with Gasteiger partial charge < -0.3 is 5.32 Å². The molecule has 1 fully saturated rings. The lowest BCUT2D eigenvalue weighted by Gasteiger charge is -2.34. The van der Waals surface area contributed by atoms with Crippen LogP contribution in [0.2, 0.25) is 0 Å². The van der Waals surface area contributed by atoms with E-state index in [1.807, 2.05) is 41.0 Å². The van der Waals surface area contributed by atoms with Gasteiger partial charge in [0.25, 0.3) is 0 Å². The molecule has 2 aromatic rings. The minimum absolute atomic E-state index is 0.0503. The monoisotopic (exact) mass is 406 g/mol. The van der Waals surface area contributed by atoms with Crippen molar-refractivity contribution in [3.8, 4) is 0 Å². The highest BCUT2D eigenvalue weighted by molar-refractivity contribution is 5.78. The molecule has 0 unspecified atom stereocenters. The number of aromatic nitrogens is 1. The number of carbonyl (C=O) groups excluding carboxylic acids is 1. The second-order valence-electron chi connectivity index (χ2n) is 7.32. The van der Waals surface area contributed by atoms with Crippen LogP contribution in [0.3, 0.4) is 0 Å². The Morgan fingerprint density at radius 2 is 1.72 bits per heavy atom. The third kappa shape index (κ3) is 6.27. The molecule has 0 aliphatic carbocycles. The summed E-state index contributed by atoms with van der Waals surface area (Å²) < 4.78 is 39.3. The lowest BCUT2D eigenvalue weighted by atomic mass is 10.1. The van der Waals surface area contributed by atoms with Crippen molar-refractivity contribution in [1.82, 2.24) is 20.1 Å². The highest BCUT2D eigenvalue weighted by Crippen LogP contribution is 2.30. The maximum atomic E-state index is 13.1. The van der Waals surface area contributed by atoms with E-state index in [0.717, 1.165) is 5.56 Å². The molecule has 0 saturated carbocycles. The number of nitrogens with one attached hydrogen (secondary N) is 1. The zero-order valence-electron chi connectivity index (χ0n) is 16.4. The molecule has 1 N–H and O–H groups in total. The number of hydrogen-bond donors (Lipinski definition) is 1. The van der Waals surface area contributed by atoms with Crippen molar-refractivity contribution in [1.29, 1.82) is 0 Å².